The first kappa shape index (κ1) is 21.7. The highest BCUT2D eigenvalue weighted by Gasteiger charge is 2.42. The van der Waals surface area contributed by atoms with Crippen molar-refractivity contribution in [3.8, 4) is 11.5 Å². The van der Waals surface area contributed by atoms with Crippen molar-refractivity contribution in [2.45, 2.75) is 13.1 Å². The molecule has 5 aromatic carbocycles. The van der Waals surface area contributed by atoms with Crippen molar-refractivity contribution in [2.75, 3.05) is 14.2 Å². The average Bonchev–Trinajstić information content (AvgIpc) is 3.29. The first-order chi connectivity index (χ1) is 17.2. The number of nitrogens with one attached hydrogen (secondary N) is 1. The van der Waals surface area contributed by atoms with Gasteiger partial charge in [-0.05, 0) is 52.4 Å². The minimum absolute atomic E-state index is 0.715. The van der Waals surface area contributed by atoms with E-state index in [4.69, 9.17) is 14.0 Å². The van der Waals surface area contributed by atoms with Crippen LogP contribution in [0.5, 0.6) is 11.5 Å². The maximum absolute atomic E-state index is 6.29. The van der Waals surface area contributed by atoms with E-state index in [1.54, 1.807) is 7.11 Å². The highest BCUT2D eigenvalue weighted by Crippen LogP contribution is 2.37. The van der Waals surface area contributed by atoms with Crippen LogP contribution in [0.3, 0.4) is 0 Å². The molecule has 1 aliphatic heterocycles. The zero-order valence-electron chi connectivity index (χ0n) is 20.0. The van der Waals surface area contributed by atoms with E-state index in [2.05, 4.69) is 79.8 Å². The first-order valence-corrected chi connectivity index (χ1v) is 12.1. The Balaban J connectivity index is 1.34. The van der Waals surface area contributed by atoms with Crippen LogP contribution in [0.4, 0.5) is 0 Å². The predicted octanol–water partition coefficient (Wildman–Crippen LogP) is 4.47. The molecule has 0 saturated carbocycles. The molecule has 4 nitrogen and oxygen atoms in total. The molecule has 174 valence electrons. The fourth-order valence-electron chi connectivity index (χ4n) is 5.38. The molecule has 6 rings (SSSR count). The van der Waals surface area contributed by atoms with Crippen LogP contribution in [0.15, 0.2) is 103 Å². The van der Waals surface area contributed by atoms with Gasteiger partial charge in [-0.1, -0.05) is 90.4 Å². The van der Waals surface area contributed by atoms with Crippen molar-refractivity contribution in [2.24, 2.45) is 0 Å². The van der Waals surface area contributed by atoms with Crippen molar-refractivity contribution in [1.29, 1.82) is 0 Å². The molecule has 0 radical (unpaired) electrons. The van der Waals surface area contributed by atoms with Gasteiger partial charge in [0.15, 0.2) is 0 Å². The third-order valence-electron chi connectivity index (χ3n) is 7.01. The van der Waals surface area contributed by atoms with Crippen molar-refractivity contribution in [3.63, 3.8) is 0 Å². The second-order valence-corrected chi connectivity index (χ2v) is 9.37. The van der Waals surface area contributed by atoms with Gasteiger partial charge < -0.3 is 18.9 Å². The Bertz CT molecular complexity index is 1450. The molecule has 5 heteroatoms. The molecule has 0 fully saturated rings. The minimum Gasteiger partial charge on any atom is -0.654 e. The van der Waals surface area contributed by atoms with E-state index in [1.165, 1.54) is 32.0 Å². The smallest absolute Gasteiger partial charge is 0.523 e. The van der Waals surface area contributed by atoms with Gasteiger partial charge >= 0.3 is 6.75 Å². The van der Waals surface area contributed by atoms with Crippen LogP contribution in [0.2, 0.25) is 0 Å². The molecule has 0 bridgehead atoms. The molecule has 1 heterocycles. The fourth-order valence-corrected chi connectivity index (χ4v) is 5.38. The lowest BCUT2D eigenvalue weighted by atomic mass is 9.67. The Labute approximate surface area is 205 Å². The summed E-state index contributed by atoms with van der Waals surface area (Å²) in [5, 5.41) is 5.19. The highest BCUT2D eigenvalue weighted by molar-refractivity contribution is 6.77. The molecule has 1 atom stereocenters. The normalized spacial score (nSPS) is 14.9. The van der Waals surface area contributed by atoms with Gasteiger partial charge in [-0.2, -0.15) is 0 Å². The van der Waals surface area contributed by atoms with Crippen LogP contribution < -0.4 is 19.7 Å². The summed E-state index contributed by atoms with van der Waals surface area (Å²) in [6, 6.07) is 35.7. The van der Waals surface area contributed by atoms with E-state index in [0.29, 0.717) is 11.5 Å². The maximum atomic E-state index is 6.29. The molecule has 0 amide bonds. The zero-order chi connectivity index (χ0) is 23.8. The topological polar surface area (TPSA) is 32.1 Å². The maximum Gasteiger partial charge on any atom is 0.523 e. The summed E-state index contributed by atoms with van der Waals surface area (Å²) in [5.74, 6) is 1.43. The lowest BCUT2D eigenvalue weighted by molar-refractivity contribution is -0.907. The van der Waals surface area contributed by atoms with Crippen molar-refractivity contribution in [1.82, 2.24) is 0 Å². The van der Waals surface area contributed by atoms with Crippen LogP contribution in [0, 0.1) is 0 Å². The number of hydrogen-bond donors (Lipinski definition) is 1. The second kappa shape index (κ2) is 8.77. The summed E-state index contributed by atoms with van der Waals surface area (Å²) in [5.41, 5.74) is 3.49. The summed E-state index contributed by atoms with van der Waals surface area (Å²) in [6.07, 6.45) is 0. The monoisotopic (exact) mass is 461 g/mol. The molecule has 5 aromatic rings. The van der Waals surface area contributed by atoms with Crippen molar-refractivity contribution >= 4 is 33.8 Å². The fraction of sp³-hybridized carbons (Fsp3) is 0.133. The molecule has 1 N–H and O–H groups in total. The molecule has 0 aliphatic carbocycles. The van der Waals surface area contributed by atoms with Gasteiger partial charge in [-0.15, -0.1) is 0 Å². The highest BCUT2D eigenvalue weighted by atomic mass is 16.8. The Morgan fingerprint density at radius 3 is 1.86 bits per heavy atom. The van der Waals surface area contributed by atoms with E-state index in [0.717, 1.165) is 24.1 Å². The molecule has 1 aliphatic rings. The van der Waals surface area contributed by atoms with E-state index >= 15 is 0 Å². The van der Waals surface area contributed by atoms with Crippen LogP contribution in [0.1, 0.15) is 11.1 Å². The molecule has 1 unspecified atom stereocenters. The summed E-state index contributed by atoms with van der Waals surface area (Å²) in [7, 11) is 3.90. The van der Waals surface area contributed by atoms with Gasteiger partial charge in [0.1, 0.15) is 24.6 Å². The molecule has 35 heavy (non-hydrogen) atoms. The van der Waals surface area contributed by atoms with E-state index in [9.17, 15) is 0 Å². The zero-order valence-corrected chi connectivity index (χ0v) is 20.0. The van der Waals surface area contributed by atoms with Crippen molar-refractivity contribution in [3.05, 3.63) is 114 Å². The van der Waals surface area contributed by atoms with Gasteiger partial charge in [-0.25, -0.2) is 0 Å². The molecular formula is C30H28BNO3. The van der Waals surface area contributed by atoms with Crippen LogP contribution in [0.25, 0.3) is 21.5 Å². The molecule has 0 spiro atoms. The number of benzene rings is 5. The summed E-state index contributed by atoms with van der Waals surface area (Å²) in [6.45, 7) is -0.395. The third-order valence-corrected chi connectivity index (χ3v) is 7.01. The SMILES string of the molecule is CO[B-]1(c2ccccc2C[NH+](C)Cc2c3ccccc3cc3ccccc23)Oc2ccccc2O1. The minimum atomic E-state index is -2.10. The second-order valence-electron chi connectivity index (χ2n) is 9.37. The van der Waals surface area contributed by atoms with Crippen LogP contribution in [-0.4, -0.2) is 20.9 Å². The Morgan fingerprint density at radius 1 is 0.686 bits per heavy atom. The van der Waals surface area contributed by atoms with Crippen LogP contribution in [-0.2, 0) is 17.7 Å². The quantitative estimate of drug-likeness (QED) is 0.299. The lowest BCUT2D eigenvalue weighted by Crippen LogP contribution is -3.06. The summed E-state index contributed by atoms with van der Waals surface area (Å²) < 4.78 is 18.5. The number of hydrogen-bond acceptors (Lipinski definition) is 3. The molecular weight excluding hydrogens is 433 g/mol. The molecule has 0 saturated heterocycles. The Morgan fingerprint density at radius 2 is 1.23 bits per heavy atom. The Hall–Kier alpha value is -3.80. The van der Waals surface area contributed by atoms with Gasteiger partial charge in [0.05, 0.1) is 7.05 Å². The number of quaternary nitrogens is 1. The largest absolute Gasteiger partial charge is 0.654 e. The summed E-state index contributed by atoms with van der Waals surface area (Å²) >= 11 is 0. The van der Waals surface area contributed by atoms with Gasteiger partial charge in [-0.3, -0.25) is 0 Å². The van der Waals surface area contributed by atoms with Crippen molar-refractivity contribution < 1.29 is 18.9 Å². The number of fused-ring (bicyclic) bond motifs is 3. The molecule has 0 aromatic heterocycles. The number of rotatable bonds is 6. The van der Waals surface area contributed by atoms with Gasteiger partial charge in [0.2, 0.25) is 0 Å². The van der Waals surface area contributed by atoms with Gasteiger partial charge in [0.25, 0.3) is 0 Å². The lowest BCUT2D eigenvalue weighted by Gasteiger charge is -2.36. The standard InChI is InChI=1S/C30H27BNO3/c1-32(21-27-25-14-6-3-11-22(25)19-23-12-4-7-15-26(23)27)20-24-13-5-8-16-28(24)31(33-2)34-29-17-9-10-18-30(29)35-31/h3-19H,20-21H2,1-2H3/q-1/p+1. The number of para-hydroxylation sites is 2. The van der Waals surface area contributed by atoms with E-state index in [-0.39, 0.29) is 0 Å². The van der Waals surface area contributed by atoms with Gasteiger partial charge in [0, 0.05) is 5.56 Å². The van der Waals surface area contributed by atoms with Crippen LogP contribution >= 0.6 is 0 Å². The van der Waals surface area contributed by atoms with E-state index < -0.39 is 6.75 Å². The van der Waals surface area contributed by atoms with E-state index in [1.807, 2.05) is 30.3 Å². The predicted molar refractivity (Wildman–Crippen MR) is 142 cm³/mol. The first-order valence-electron chi connectivity index (χ1n) is 12.1. The summed E-state index contributed by atoms with van der Waals surface area (Å²) in [4.78, 5) is 1.37. The third kappa shape index (κ3) is 3.83. The Kier molecular flexibility index (Phi) is 5.44. The average molecular weight is 461 g/mol.